The molecule has 0 radical (unpaired) electrons. The maximum atomic E-state index is 11.7. The molecule has 3 nitrogen and oxygen atoms in total. The van der Waals surface area contributed by atoms with Gasteiger partial charge in [0.2, 0.25) is 5.91 Å². The molecule has 1 rings (SSSR count). The Balaban J connectivity index is 2.74. The lowest BCUT2D eigenvalue weighted by molar-refractivity contribution is -0.131. The van der Waals surface area contributed by atoms with Gasteiger partial charge in [0.05, 0.1) is 5.25 Å². The Kier molecular flexibility index (Phi) is 2.20. The lowest BCUT2D eigenvalue weighted by atomic mass is 10.4. The summed E-state index contributed by atoms with van der Waals surface area (Å²) < 4.78 is 12.2. The monoisotopic (exact) mass is 181 g/mol. The lowest BCUT2D eigenvalue weighted by Crippen LogP contribution is -2.22. The fourth-order valence-electron chi connectivity index (χ4n) is 0.666. The second-order valence-electron chi connectivity index (χ2n) is 1.82. The van der Waals surface area contributed by atoms with E-state index in [2.05, 4.69) is 12.6 Å². The van der Waals surface area contributed by atoms with Gasteiger partial charge in [-0.15, -0.1) is 3.89 Å². The summed E-state index contributed by atoms with van der Waals surface area (Å²) >= 11 is 3.41. The normalized spacial score (nSPS) is 26.2. The molecule has 6 heteroatoms. The molecule has 0 spiro atoms. The molecule has 1 fully saturated rings. The highest BCUT2D eigenvalue weighted by Gasteiger charge is 2.37. The molecule has 0 saturated carbocycles. The van der Waals surface area contributed by atoms with Crippen LogP contribution in [0.3, 0.4) is 0 Å². The van der Waals surface area contributed by atoms with Crippen LogP contribution in [-0.4, -0.2) is 21.4 Å². The van der Waals surface area contributed by atoms with Gasteiger partial charge >= 0.3 is 0 Å². The second kappa shape index (κ2) is 2.79. The number of nitrogens with zero attached hydrogens (tertiary/aromatic N) is 1. The Morgan fingerprint density at radius 3 is 2.50 bits per heavy atom. The van der Waals surface area contributed by atoms with Crippen molar-refractivity contribution in [2.75, 3.05) is 0 Å². The summed E-state index contributed by atoms with van der Waals surface area (Å²) in [4.78, 5) is 21.3. The first-order chi connectivity index (χ1) is 4.66. The van der Waals surface area contributed by atoms with Gasteiger partial charge in [0.15, 0.2) is 12.3 Å². The summed E-state index contributed by atoms with van der Waals surface area (Å²) in [5, 5.41) is -0.657. The van der Waals surface area contributed by atoms with Crippen molar-refractivity contribution in [1.82, 2.24) is 4.31 Å². The molecule has 1 saturated heterocycles. The van der Waals surface area contributed by atoms with Crippen LogP contribution < -0.4 is 0 Å². The molecule has 0 bridgehead atoms. The van der Waals surface area contributed by atoms with Crippen molar-refractivity contribution in [3.63, 3.8) is 0 Å². The number of hydrogen-bond acceptors (Lipinski definition) is 4. The molecule has 0 aromatic carbocycles. The maximum absolute atomic E-state index is 11.7. The predicted molar refractivity (Wildman–Crippen MR) is 37.9 cm³/mol. The molecule has 10 heavy (non-hydrogen) atoms. The van der Waals surface area contributed by atoms with Crippen LogP contribution >= 0.6 is 25.0 Å². The first kappa shape index (κ1) is 7.87. The SMILES string of the molecule is O=C1CC(S)C(=O)N1SF. The number of imide groups is 1. The maximum Gasteiger partial charge on any atom is 0.254 e. The van der Waals surface area contributed by atoms with Crippen molar-refractivity contribution >= 4 is 36.8 Å². The van der Waals surface area contributed by atoms with Crippen molar-refractivity contribution < 1.29 is 13.5 Å². The van der Waals surface area contributed by atoms with Gasteiger partial charge in [-0.25, -0.2) is 0 Å². The molecule has 1 aliphatic heterocycles. The minimum Gasteiger partial charge on any atom is -0.273 e. The highest BCUT2D eigenvalue weighted by Crippen LogP contribution is 2.24. The van der Waals surface area contributed by atoms with Crippen molar-refractivity contribution in [3.05, 3.63) is 0 Å². The molecule has 2 amide bonds. The van der Waals surface area contributed by atoms with Crippen LogP contribution in [0.1, 0.15) is 6.42 Å². The zero-order valence-electron chi connectivity index (χ0n) is 4.78. The van der Waals surface area contributed by atoms with Gasteiger partial charge in [-0.05, 0) is 0 Å². The summed E-state index contributed by atoms with van der Waals surface area (Å²) in [5.74, 6) is -1.08. The van der Waals surface area contributed by atoms with Crippen LogP contribution in [-0.2, 0) is 9.59 Å². The predicted octanol–water partition coefficient (Wildman–Crippen LogP) is 0.576. The van der Waals surface area contributed by atoms with Gasteiger partial charge in [-0.1, -0.05) is 0 Å². The fraction of sp³-hybridized carbons (Fsp3) is 0.500. The fourth-order valence-corrected chi connectivity index (χ4v) is 1.36. The molecule has 1 aliphatic rings. The molecule has 0 N–H and O–H groups in total. The number of amides is 2. The number of rotatable bonds is 1. The molecular formula is C4H4FNO2S2. The lowest BCUT2D eigenvalue weighted by Gasteiger charge is -2.03. The first-order valence-electron chi connectivity index (χ1n) is 2.50. The zero-order chi connectivity index (χ0) is 7.72. The molecule has 1 heterocycles. The third kappa shape index (κ3) is 1.13. The molecule has 0 aliphatic carbocycles. The topological polar surface area (TPSA) is 37.4 Å². The standard InChI is InChI=1S/C4H4FNO2S2/c5-10-6-3(7)1-2(9)4(6)8/h2,9H,1H2. The zero-order valence-corrected chi connectivity index (χ0v) is 6.49. The van der Waals surface area contributed by atoms with Crippen LogP contribution in [0, 0.1) is 0 Å². The van der Waals surface area contributed by atoms with Crippen molar-refractivity contribution in [1.29, 1.82) is 0 Å². The van der Waals surface area contributed by atoms with Crippen LogP contribution in [0.25, 0.3) is 0 Å². The third-order valence-corrected chi connectivity index (χ3v) is 2.07. The third-order valence-electron chi connectivity index (χ3n) is 1.15. The van der Waals surface area contributed by atoms with Crippen molar-refractivity contribution in [2.24, 2.45) is 0 Å². The molecule has 0 aromatic heterocycles. The smallest absolute Gasteiger partial charge is 0.254 e. The first-order valence-corrected chi connectivity index (χ1v) is 3.69. The summed E-state index contributed by atoms with van der Waals surface area (Å²) in [6, 6.07) is 0. The van der Waals surface area contributed by atoms with Crippen LogP contribution in [0.2, 0.25) is 0 Å². The van der Waals surface area contributed by atoms with Crippen LogP contribution in [0.4, 0.5) is 3.89 Å². The van der Waals surface area contributed by atoms with E-state index in [1.807, 2.05) is 0 Å². The van der Waals surface area contributed by atoms with E-state index >= 15 is 0 Å². The Morgan fingerprint density at radius 2 is 2.30 bits per heavy atom. The van der Waals surface area contributed by atoms with E-state index in [0.29, 0.717) is 4.31 Å². The Morgan fingerprint density at radius 1 is 1.70 bits per heavy atom. The van der Waals surface area contributed by atoms with E-state index in [4.69, 9.17) is 0 Å². The molecule has 0 aromatic rings. The highest BCUT2D eigenvalue weighted by molar-refractivity contribution is 7.93. The molecular weight excluding hydrogens is 177 g/mol. The highest BCUT2D eigenvalue weighted by atomic mass is 32.2. The average Bonchev–Trinajstić information content (AvgIpc) is 2.09. The second-order valence-corrected chi connectivity index (χ2v) is 2.94. The van der Waals surface area contributed by atoms with Crippen molar-refractivity contribution in [2.45, 2.75) is 11.7 Å². The summed E-state index contributed by atoms with van der Waals surface area (Å²) in [7, 11) is 0. The van der Waals surface area contributed by atoms with Crippen LogP contribution in [0.15, 0.2) is 0 Å². The van der Waals surface area contributed by atoms with Gasteiger partial charge in [-0.2, -0.15) is 16.9 Å². The number of halogens is 1. The quantitative estimate of drug-likeness (QED) is 0.365. The van der Waals surface area contributed by atoms with E-state index in [1.165, 1.54) is 0 Å². The van der Waals surface area contributed by atoms with Gasteiger partial charge in [0.25, 0.3) is 5.91 Å². The number of thiol groups is 1. The van der Waals surface area contributed by atoms with Gasteiger partial charge in [0, 0.05) is 6.42 Å². The largest absolute Gasteiger partial charge is 0.273 e. The van der Waals surface area contributed by atoms with E-state index in [-0.39, 0.29) is 18.8 Å². The number of carbonyl (C=O) groups excluding carboxylic acids is 2. The minimum atomic E-state index is -0.657. The Hall–Kier alpha value is -0.230. The van der Waals surface area contributed by atoms with E-state index in [1.54, 1.807) is 0 Å². The van der Waals surface area contributed by atoms with Crippen molar-refractivity contribution in [3.8, 4) is 0 Å². The molecule has 1 unspecified atom stereocenters. The van der Waals surface area contributed by atoms with Gasteiger partial charge in [0.1, 0.15) is 0 Å². The summed E-state index contributed by atoms with van der Waals surface area (Å²) in [5.41, 5.74) is 0. The number of hydrogen-bond donors (Lipinski definition) is 1. The summed E-state index contributed by atoms with van der Waals surface area (Å²) in [6.07, 6.45) is -0.00113. The van der Waals surface area contributed by atoms with E-state index in [9.17, 15) is 13.5 Å². The van der Waals surface area contributed by atoms with E-state index < -0.39 is 17.1 Å². The Bertz CT molecular complexity index is 186. The van der Waals surface area contributed by atoms with Gasteiger partial charge in [-0.3, -0.25) is 9.59 Å². The average molecular weight is 181 g/mol. The van der Waals surface area contributed by atoms with Crippen LogP contribution in [0.5, 0.6) is 0 Å². The minimum absolute atomic E-state index is 0.00113. The summed E-state index contributed by atoms with van der Waals surface area (Å²) in [6.45, 7) is 0. The molecule has 1 atom stereocenters. The van der Waals surface area contributed by atoms with Gasteiger partial charge < -0.3 is 0 Å². The molecule has 56 valence electrons. The number of carbonyl (C=O) groups is 2. The Labute approximate surface area is 66.8 Å². The van der Waals surface area contributed by atoms with E-state index in [0.717, 1.165) is 0 Å².